The normalized spacial score (nSPS) is 21.1. The summed E-state index contributed by atoms with van der Waals surface area (Å²) in [6.07, 6.45) is 5.53. The van der Waals surface area contributed by atoms with Gasteiger partial charge in [-0.2, -0.15) is 0 Å². The molecule has 2 fully saturated rings. The molecule has 1 saturated heterocycles. The molecule has 0 radical (unpaired) electrons. The van der Waals surface area contributed by atoms with Crippen LogP contribution in [0.2, 0.25) is 0 Å². The molecule has 1 unspecified atom stereocenters. The van der Waals surface area contributed by atoms with Crippen LogP contribution in [0.15, 0.2) is 24.3 Å². The van der Waals surface area contributed by atoms with Crippen molar-refractivity contribution in [1.82, 2.24) is 14.7 Å². The first-order chi connectivity index (χ1) is 12.9. The van der Waals surface area contributed by atoms with Gasteiger partial charge in [0.05, 0.1) is 6.42 Å². The van der Waals surface area contributed by atoms with Crippen LogP contribution in [0.5, 0.6) is 0 Å². The predicted molar refractivity (Wildman–Crippen MR) is 103 cm³/mol. The van der Waals surface area contributed by atoms with Gasteiger partial charge in [0.2, 0.25) is 5.91 Å². The van der Waals surface area contributed by atoms with Crippen LogP contribution in [0.3, 0.4) is 0 Å². The molecular formula is C21H29N3O3. The summed E-state index contributed by atoms with van der Waals surface area (Å²) in [6.45, 7) is 2.62. The second-order valence-corrected chi connectivity index (χ2v) is 7.75. The van der Waals surface area contributed by atoms with E-state index in [1.54, 1.807) is 7.05 Å². The minimum absolute atomic E-state index is 0.0431. The molecule has 0 N–H and O–H groups in total. The molecule has 1 aliphatic heterocycles. The van der Waals surface area contributed by atoms with Crippen LogP contribution in [0.25, 0.3) is 0 Å². The second-order valence-electron chi connectivity index (χ2n) is 7.75. The Kier molecular flexibility index (Phi) is 5.82. The largest absolute Gasteiger partial charge is 0.335 e. The van der Waals surface area contributed by atoms with Gasteiger partial charge in [-0.1, -0.05) is 43.5 Å². The maximum atomic E-state index is 13.2. The van der Waals surface area contributed by atoms with Crippen LogP contribution in [-0.4, -0.2) is 58.7 Å². The number of hydrogen-bond donors (Lipinski definition) is 0. The summed E-state index contributed by atoms with van der Waals surface area (Å²) in [4.78, 5) is 42.1. The van der Waals surface area contributed by atoms with Gasteiger partial charge < -0.3 is 9.80 Å². The van der Waals surface area contributed by atoms with Gasteiger partial charge in [0.15, 0.2) is 0 Å². The highest BCUT2D eigenvalue weighted by Gasteiger charge is 2.42. The van der Waals surface area contributed by atoms with Crippen LogP contribution in [0, 0.1) is 6.92 Å². The van der Waals surface area contributed by atoms with E-state index in [0.717, 1.165) is 41.7 Å². The third-order valence-electron chi connectivity index (χ3n) is 5.98. The van der Waals surface area contributed by atoms with Crippen molar-refractivity contribution in [3.8, 4) is 0 Å². The molecular weight excluding hydrogens is 342 g/mol. The molecule has 1 atom stereocenters. The molecule has 4 amide bonds. The monoisotopic (exact) mass is 371 g/mol. The molecule has 1 aromatic carbocycles. The topological polar surface area (TPSA) is 60.9 Å². The van der Waals surface area contributed by atoms with E-state index < -0.39 is 6.04 Å². The van der Waals surface area contributed by atoms with Crippen LogP contribution in [0.1, 0.15) is 49.7 Å². The lowest BCUT2D eigenvalue weighted by Gasteiger charge is -2.35. The summed E-state index contributed by atoms with van der Waals surface area (Å²) < 4.78 is 0. The molecule has 2 aliphatic rings. The fourth-order valence-electron chi connectivity index (χ4n) is 4.14. The van der Waals surface area contributed by atoms with E-state index in [4.69, 9.17) is 0 Å². The zero-order valence-corrected chi connectivity index (χ0v) is 16.5. The standard InChI is InChI=1S/C21H29N3O3/c1-15-9-7-8-10-16(15)14-24(17-11-5-4-6-12-17)19(25)13-18-20(26)23(3)21(27)22(18)2/h7-10,17-18H,4-6,11-14H2,1-3H3. The maximum Gasteiger partial charge on any atom is 0.326 e. The Hall–Kier alpha value is -2.37. The maximum absolute atomic E-state index is 13.2. The van der Waals surface area contributed by atoms with E-state index in [2.05, 4.69) is 19.1 Å². The molecule has 1 saturated carbocycles. The third kappa shape index (κ3) is 3.99. The Labute approximate surface area is 161 Å². The summed E-state index contributed by atoms with van der Waals surface area (Å²) >= 11 is 0. The molecule has 1 aromatic rings. The summed E-state index contributed by atoms with van der Waals surface area (Å²) in [5.74, 6) is -0.339. The fourth-order valence-corrected chi connectivity index (χ4v) is 4.14. The number of aryl methyl sites for hydroxylation is 1. The number of rotatable bonds is 5. The van der Waals surface area contributed by atoms with E-state index in [1.165, 1.54) is 18.4 Å². The fraction of sp³-hybridized carbons (Fsp3) is 0.571. The number of benzene rings is 1. The van der Waals surface area contributed by atoms with Gasteiger partial charge >= 0.3 is 6.03 Å². The lowest BCUT2D eigenvalue weighted by Crippen LogP contribution is -2.44. The van der Waals surface area contributed by atoms with E-state index in [0.29, 0.717) is 6.54 Å². The van der Waals surface area contributed by atoms with Gasteiger partial charge in [0.1, 0.15) is 6.04 Å². The molecule has 1 heterocycles. The Bertz CT molecular complexity index is 727. The van der Waals surface area contributed by atoms with Crippen molar-refractivity contribution in [3.05, 3.63) is 35.4 Å². The number of likely N-dealkylation sites (N-methyl/N-ethyl adjacent to an activating group) is 2. The van der Waals surface area contributed by atoms with Crippen molar-refractivity contribution in [2.24, 2.45) is 0 Å². The lowest BCUT2D eigenvalue weighted by atomic mass is 9.93. The first-order valence-corrected chi connectivity index (χ1v) is 9.78. The van der Waals surface area contributed by atoms with E-state index >= 15 is 0 Å². The number of imide groups is 1. The number of hydrogen-bond acceptors (Lipinski definition) is 3. The van der Waals surface area contributed by atoms with Crippen molar-refractivity contribution in [2.75, 3.05) is 14.1 Å². The number of nitrogens with zero attached hydrogens (tertiary/aromatic N) is 3. The van der Waals surface area contributed by atoms with Crippen LogP contribution < -0.4 is 0 Å². The van der Waals surface area contributed by atoms with Gasteiger partial charge in [0.25, 0.3) is 5.91 Å². The Balaban J connectivity index is 1.79. The predicted octanol–water partition coefficient (Wildman–Crippen LogP) is 2.94. The van der Waals surface area contributed by atoms with E-state index in [1.807, 2.05) is 17.0 Å². The first-order valence-electron chi connectivity index (χ1n) is 9.78. The van der Waals surface area contributed by atoms with Crippen molar-refractivity contribution < 1.29 is 14.4 Å². The first kappa shape index (κ1) is 19.4. The highest BCUT2D eigenvalue weighted by Crippen LogP contribution is 2.27. The van der Waals surface area contributed by atoms with Gasteiger partial charge in [0, 0.05) is 26.7 Å². The van der Waals surface area contributed by atoms with Crippen molar-refractivity contribution in [2.45, 2.75) is 64.1 Å². The van der Waals surface area contributed by atoms with Crippen LogP contribution in [-0.2, 0) is 16.1 Å². The highest BCUT2D eigenvalue weighted by atomic mass is 16.2. The summed E-state index contributed by atoms with van der Waals surface area (Å²) in [6, 6.07) is 7.27. The molecule has 6 heteroatoms. The average molecular weight is 371 g/mol. The summed E-state index contributed by atoms with van der Waals surface area (Å²) in [5.41, 5.74) is 2.30. The molecule has 0 bridgehead atoms. The average Bonchev–Trinajstić information content (AvgIpc) is 2.86. The minimum atomic E-state index is -0.696. The summed E-state index contributed by atoms with van der Waals surface area (Å²) in [5, 5.41) is 0. The van der Waals surface area contributed by atoms with Crippen molar-refractivity contribution in [3.63, 3.8) is 0 Å². The van der Waals surface area contributed by atoms with E-state index in [9.17, 15) is 14.4 Å². The van der Waals surface area contributed by atoms with Gasteiger partial charge in [-0.25, -0.2) is 4.79 Å². The van der Waals surface area contributed by atoms with Gasteiger partial charge in [-0.15, -0.1) is 0 Å². The lowest BCUT2D eigenvalue weighted by molar-refractivity contribution is -0.139. The summed E-state index contributed by atoms with van der Waals surface area (Å²) in [7, 11) is 3.06. The van der Waals surface area contributed by atoms with Crippen LogP contribution >= 0.6 is 0 Å². The molecule has 1 aliphatic carbocycles. The Morgan fingerprint density at radius 2 is 1.78 bits per heavy atom. The molecule has 6 nitrogen and oxygen atoms in total. The smallest absolute Gasteiger partial charge is 0.326 e. The van der Waals surface area contributed by atoms with Crippen LogP contribution in [0.4, 0.5) is 4.79 Å². The number of carbonyl (C=O) groups excluding carboxylic acids is 3. The van der Waals surface area contributed by atoms with Gasteiger partial charge in [-0.05, 0) is 30.9 Å². The van der Waals surface area contributed by atoms with Crippen molar-refractivity contribution in [1.29, 1.82) is 0 Å². The molecule has 27 heavy (non-hydrogen) atoms. The number of carbonyl (C=O) groups is 3. The molecule has 0 spiro atoms. The number of amides is 4. The SMILES string of the molecule is Cc1ccccc1CN(C(=O)CC1C(=O)N(C)C(=O)N1C)C1CCCCC1. The molecule has 3 rings (SSSR count). The third-order valence-corrected chi connectivity index (χ3v) is 5.98. The zero-order valence-electron chi connectivity index (χ0n) is 16.5. The highest BCUT2D eigenvalue weighted by molar-refractivity contribution is 6.05. The Morgan fingerprint density at radius 3 is 2.37 bits per heavy atom. The van der Waals surface area contributed by atoms with Crippen molar-refractivity contribution >= 4 is 17.8 Å². The van der Waals surface area contributed by atoms with Gasteiger partial charge in [-0.3, -0.25) is 14.5 Å². The number of urea groups is 1. The Morgan fingerprint density at radius 1 is 1.11 bits per heavy atom. The second kappa shape index (κ2) is 8.11. The quantitative estimate of drug-likeness (QED) is 0.748. The van der Waals surface area contributed by atoms with E-state index in [-0.39, 0.29) is 30.3 Å². The molecule has 146 valence electrons. The zero-order chi connectivity index (χ0) is 19.6. The molecule has 0 aromatic heterocycles. The minimum Gasteiger partial charge on any atom is -0.335 e.